The molecule has 7 N–H and O–H groups in total. The van der Waals surface area contributed by atoms with Gasteiger partial charge in [-0.05, 0) is 85.1 Å². The predicted octanol–water partition coefficient (Wildman–Crippen LogP) is 9.91. The summed E-state index contributed by atoms with van der Waals surface area (Å²) in [4.78, 5) is 34.2. The average Bonchev–Trinajstić information content (AvgIpc) is 3.19. The smallest absolute Gasteiger partial charge is 0.384 e. The summed E-state index contributed by atoms with van der Waals surface area (Å²) in [5.41, 5.74) is -5.89. The maximum absolute atomic E-state index is 12.3. The number of primary amides is 1. The van der Waals surface area contributed by atoms with Crippen molar-refractivity contribution >= 4 is 72.8 Å². The zero-order valence-electron chi connectivity index (χ0n) is 38.4. The fourth-order valence-electron chi connectivity index (χ4n) is 6.53. The monoisotopic (exact) mass is 1220 g/mol. The second-order valence-corrected chi connectivity index (χ2v) is 17.9. The molecule has 5 aliphatic rings. The summed E-state index contributed by atoms with van der Waals surface area (Å²) in [7, 11) is 0. The number of amides is 3. The molecule has 3 aliphatic heterocycles. The summed E-state index contributed by atoms with van der Waals surface area (Å²) in [6.45, 7) is 21.1. The van der Waals surface area contributed by atoms with Crippen LogP contribution in [0.3, 0.4) is 0 Å². The molecule has 4 bridgehead atoms. The van der Waals surface area contributed by atoms with E-state index in [9.17, 15) is 85.4 Å². The van der Waals surface area contributed by atoms with Crippen LogP contribution >= 0.6 is 55.1 Å². The number of hydroxylamine groups is 2. The van der Waals surface area contributed by atoms with Gasteiger partial charge in [0.2, 0.25) is 11.8 Å². The Morgan fingerprint density at radius 2 is 1.17 bits per heavy atom. The summed E-state index contributed by atoms with van der Waals surface area (Å²) in [5.74, 6) is -1.83. The molecule has 12 nitrogen and oxygen atoms in total. The second kappa shape index (κ2) is 30.3. The Kier molecular flexibility index (Phi) is 31.2. The number of alkyl halides is 19. The number of carbonyl (C=O) groups is 3. The normalized spacial score (nSPS) is 21.2. The molecule has 1 unspecified atom stereocenters. The highest BCUT2D eigenvalue weighted by Crippen LogP contribution is 2.48. The van der Waals surface area contributed by atoms with Crippen molar-refractivity contribution in [2.24, 2.45) is 17.6 Å². The first kappa shape index (κ1) is 72.1. The lowest BCUT2D eigenvalue weighted by molar-refractivity contribution is -0.390. The number of rotatable bonds is 8. The molecule has 5 fully saturated rings. The Hall–Kier alpha value is -2.12. The molecule has 414 valence electrons. The van der Waals surface area contributed by atoms with Crippen molar-refractivity contribution < 1.29 is 100 Å². The number of piperidine rings is 2. The first-order chi connectivity index (χ1) is 31.3. The van der Waals surface area contributed by atoms with Crippen LogP contribution in [0.2, 0.25) is 0 Å². The van der Waals surface area contributed by atoms with Gasteiger partial charge in [-0.2, -0.15) is 70.9 Å². The van der Waals surface area contributed by atoms with Crippen molar-refractivity contribution in [3.8, 4) is 0 Å². The fourth-order valence-corrected chi connectivity index (χ4v) is 7.06. The van der Waals surface area contributed by atoms with Crippen LogP contribution in [-0.2, 0) is 19.1 Å². The van der Waals surface area contributed by atoms with Crippen LogP contribution in [0.15, 0.2) is 36.5 Å². The number of ether oxygens (including phenoxy) is 1. The van der Waals surface area contributed by atoms with Gasteiger partial charge in [0.1, 0.15) is 6.10 Å². The van der Waals surface area contributed by atoms with Crippen molar-refractivity contribution in [2.45, 2.75) is 146 Å². The first-order valence-electron chi connectivity index (χ1n) is 20.2. The van der Waals surface area contributed by atoms with E-state index in [0.717, 1.165) is 23.7 Å². The van der Waals surface area contributed by atoms with Crippen molar-refractivity contribution in [2.75, 3.05) is 29.2 Å². The van der Waals surface area contributed by atoms with Crippen LogP contribution in [0.5, 0.6) is 0 Å². The summed E-state index contributed by atoms with van der Waals surface area (Å²) in [5, 5.41) is 29.2. The van der Waals surface area contributed by atoms with Crippen LogP contribution in [-0.4, -0.2) is 145 Å². The van der Waals surface area contributed by atoms with Gasteiger partial charge in [-0.15, -0.1) is 23.2 Å². The number of hydrogen-bond donors (Lipinski definition) is 6. The molecule has 0 aromatic heterocycles. The molecule has 3 heterocycles. The van der Waals surface area contributed by atoms with Crippen LogP contribution < -0.4 is 16.4 Å². The van der Waals surface area contributed by atoms with E-state index in [4.69, 9.17) is 39.1 Å². The lowest BCUT2D eigenvalue weighted by Gasteiger charge is -2.53. The second-order valence-electron chi connectivity index (χ2n) is 16.0. The van der Waals surface area contributed by atoms with E-state index < -0.39 is 83.9 Å². The highest BCUT2D eigenvalue weighted by atomic mass is 79.9. The number of nitrogens with one attached hydrogen (secondary N) is 2. The van der Waals surface area contributed by atoms with E-state index in [-0.39, 0.29) is 10.7 Å². The van der Waals surface area contributed by atoms with E-state index in [1.807, 2.05) is 0 Å². The summed E-state index contributed by atoms with van der Waals surface area (Å²) in [6, 6.07) is 2.45. The lowest BCUT2D eigenvalue weighted by atomic mass is 9.64. The van der Waals surface area contributed by atoms with Gasteiger partial charge < -0.3 is 36.5 Å². The van der Waals surface area contributed by atoms with Crippen LogP contribution in [0.4, 0.5) is 65.9 Å². The molecular formula is C39H58Br2Cl2F15N5O7. The molecule has 2 saturated carbocycles. The van der Waals surface area contributed by atoms with Gasteiger partial charge >= 0.3 is 42.3 Å². The van der Waals surface area contributed by atoms with Crippen LogP contribution in [0.1, 0.15) is 73.6 Å². The third-order valence-corrected chi connectivity index (χ3v) is 11.3. The third kappa shape index (κ3) is 23.0. The van der Waals surface area contributed by atoms with E-state index in [1.165, 1.54) is 32.1 Å². The standard InChI is InChI=1S/C9H15NO.C8H19N.C7H6BrF6NO2.C7H5F6NO2.C4H6BrNO.C3H5F3O.CH2Cl2/c11-10-8-2-6-1-7(4-8)5-9(10)3-6;1-6-9(7(2)3)8(4)5;1-3(2-8)4(16)15-5(17,6(9,10)11)7(12,13)14;1-3-2-16-5(6(8,9)10,7(11,12)13)14-4(3)15;1-3(2-5)4(6)7;1-2(7)3(4,5)6;2-1-3/h6-9,11H,1-5H2;7-8H,6H2,1-5H3;17H,1-2H2,(H,15,16);1-2H2,(H,14,15);1-2H2,(H2,6,7);2,7H,1H3;1H2. The number of carbonyl (C=O) groups excluding carboxylic acids is 3. The van der Waals surface area contributed by atoms with Gasteiger partial charge in [0.25, 0.3) is 5.91 Å². The third-order valence-electron chi connectivity index (χ3n) is 9.98. The van der Waals surface area contributed by atoms with Gasteiger partial charge in [-0.3, -0.25) is 19.3 Å². The molecule has 1 atom stereocenters. The topological polar surface area (TPSA) is 178 Å². The highest BCUT2D eigenvalue weighted by molar-refractivity contribution is 9.09. The van der Waals surface area contributed by atoms with Gasteiger partial charge in [0.05, 0.1) is 11.9 Å². The van der Waals surface area contributed by atoms with Gasteiger partial charge in [-0.25, -0.2) is 0 Å². The van der Waals surface area contributed by atoms with Crippen molar-refractivity contribution in [1.82, 2.24) is 20.6 Å². The molecule has 70 heavy (non-hydrogen) atoms. The Labute approximate surface area is 421 Å². The molecule has 5 rings (SSSR count). The summed E-state index contributed by atoms with van der Waals surface area (Å²) < 4.78 is 183. The number of nitrogens with two attached hydrogens (primary N) is 1. The Bertz CT molecular complexity index is 1610. The fraction of sp³-hybridized carbons (Fsp3) is 0.769. The number of aliphatic hydroxyl groups excluding tert-OH is 1. The Morgan fingerprint density at radius 1 is 0.829 bits per heavy atom. The van der Waals surface area contributed by atoms with E-state index in [0.29, 0.717) is 47.3 Å². The first-order valence-corrected chi connectivity index (χ1v) is 23.5. The van der Waals surface area contributed by atoms with E-state index >= 15 is 0 Å². The molecule has 0 aromatic rings. The molecule has 31 heteroatoms. The largest absolute Gasteiger partial charge is 0.446 e. The average molecular weight is 1220 g/mol. The maximum Gasteiger partial charge on any atom is 0.446 e. The van der Waals surface area contributed by atoms with Crippen molar-refractivity contribution in [3.63, 3.8) is 0 Å². The number of aliphatic hydroxyl groups is 2. The van der Waals surface area contributed by atoms with Gasteiger partial charge in [0.15, 0.2) is 0 Å². The van der Waals surface area contributed by atoms with Gasteiger partial charge in [0, 0.05) is 51.5 Å². The Balaban J connectivity index is -0.000000784. The molecule has 3 amide bonds. The number of hydrogen-bond acceptors (Lipinski definition) is 9. The van der Waals surface area contributed by atoms with E-state index in [2.05, 4.69) is 95.9 Å². The minimum Gasteiger partial charge on any atom is -0.384 e. The molecule has 2 aliphatic carbocycles. The zero-order valence-corrected chi connectivity index (χ0v) is 43.0. The molecule has 0 aromatic carbocycles. The summed E-state index contributed by atoms with van der Waals surface area (Å²) >= 11 is 15.2. The molecule has 0 spiro atoms. The number of halogens is 19. The minimum absolute atomic E-state index is 0.194. The molecule has 3 saturated heterocycles. The van der Waals surface area contributed by atoms with Gasteiger partial charge in [-0.1, -0.05) is 58.5 Å². The van der Waals surface area contributed by atoms with Crippen LogP contribution in [0.25, 0.3) is 0 Å². The van der Waals surface area contributed by atoms with Crippen molar-refractivity contribution in [1.29, 1.82) is 0 Å². The highest BCUT2D eigenvalue weighted by Gasteiger charge is 2.75. The molecular weight excluding hydrogens is 1170 g/mol. The van der Waals surface area contributed by atoms with Crippen LogP contribution in [0, 0.1) is 11.8 Å². The lowest BCUT2D eigenvalue weighted by Crippen LogP contribution is -2.71. The maximum atomic E-state index is 12.3. The quantitative estimate of drug-likeness (QED) is 0.0598. The number of nitrogens with zero attached hydrogens (tertiary/aromatic N) is 2. The molecule has 0 radical (unpaired) electrons. The van der Waals surface area contributed by atoms with E-state index in [1.54, 1.807) is 5.06 Å². The SMILES string of the molecule is C=C(CBr)C(=O)NC(O)(C(F)(F)F)C(F)(F)F.C=C(CBr)C(N)=O.C=C1COC(C(F)(F)F)(C(F)(F)F)NC1=O.CC(O)C(F)(F)F.CCN(C(C)C)C(C)C.ClCCl.ON1C2CC3CC(C2)CC1C3. The van der Waals surface area contributed by atoms with Crippen molar-refractivity contribution in [3.05, 3.63) is 36.5 Å². The Morgan fingerprint density at radius 3 is 1.37 bits per heavy atom. The summed E-state index contributed by atoms with van der Waals surface area (Å²) in [6.07, 6.45) is -23.9. The predicted molar refractivity (Wildman–Crippen MR) is 237 cm³/mol. The minimum atomic E-state index is -6.10. The zero-order chi connectivity index (χ0) is 56.4.